The Bertz CT molecular complexity index is 705. The van der Waals surface area contributed by atoms with Gasteiger partial charge in [-0.1, -0.05) is 30.3 Å². The van der Waals surface area contributed by atoms with Crippen LogP contribution in [0.1, 0.15) is 42.4 Å². The first-order valence-corrected chi connectivity index (χ1v) is 9.61. The van der Waals surface area contributed by atoms with E-state index < -0.39 is 0 Å². The van der Waals surface area contributed by atoms with Gasteiger partial charge in [-0.2, -0.15) is 0 Å². The van der Waals surface area contributed by atoms with Crippen molar-refractivity contribution in [1.29, 1.82) is 0 Å². The van der Waals surface area contributed by atoms with Crippen molar-refractivity contribution < 1.29 is 4.79 Å². The van der Waals surface area contributed by atoms with Crippen LogP contribution in [-0.4, -0.2) is 46.4 Å². The van der Waals surface area contributed by atoms with Crippen LogP contribution in [0.4, 0.5) is 0 Å². The van der Waals surface area contributed by atoms with E-state index in [4.69, 9.17) is 0 Å². The minimum absolute atomic E-state index is 0.0224. The van der Waals surface area contributed by atoms with E-state index in [9.17, 15) is 4.79 Å². The summed E-state index contributed by atoms with van der Waals surface area (Å²) in [6, 6.07) is 14.8. The van der Waals surface area contributed by atoms with Gasteiger partial charge in [0.05, 0.1) is 0 Å². The number of rotatable bonds is 5. The molecule has 132 valence electrons. The van der Waals surface area contributed by atoms with Crippen molar-refractivity contribution in [2.24, 2.45) is 0 Å². The molecule has 5 heteroatoms. The maximum atomic E-state index is 12.9. The summed E-state index contributed by atoms with van der Waals surface area (Å²) in [6.45, 7) is 6.91. The zero-order valence-corrected chi connectivity index (χ0v) is 16.3. The quantitative estimate of drug-likeness (QED) is 0.754. The topological polar surface area (TPSA) is 36.4 Å². The standard InChI is InChI=1S/C20H24BrN3O/c1-3-24(20(25)19-10-9-17(21)13-22-19)18-11-12-23(14-18)15(2)16-7-5-4-6-8-16/h4-10,13,15,18H,3,11-12,14H2,1-2H3. The molecule has 0 aliphatic carbocycles. The molecule has 25 heavy (non-hydrogen) atoms. The molecule has 0 bridgehead atoms. The molecule has 1 aliphatic rings. The fourth-order valence-electron chi connectivity index (χ4n) is 3.53. The Kier molecular flexibility index (Phi) is 5.86. The number of carbonyl (C=O) groups is 1. The fourth-order valence-corrected chi connectivity index (χ4v) is 3.77. The molecular formula is C20H24BrN3O. The maximum absolute atomic E-state index is 12.9. The van der Waals surface area contributed by atoms with Crippen molar-refractivity contribution in [1.82, 2.24) is 14.8 Å². The van der Waals surface area contributed by atoms with E-state index in [1.54, 1.807) is 12.3 Å². The summed E-state index contributed by atoms with van der Waals surface area (Å²) in [5, 5.41) is 0. The Hall–Kier alpha value is -1.72. The number of hydrogen-bond donors (Lipinski definition) is 0. The second kappa shape index (κ2) is 8.11. The average Bonchev–Trinajstić information content (AvgIpc) is 3.12. The second-order valence-electron chi connectivity index (χ2n) is 6.48. The van der Waals surface area contributed by atoms with Gasteiger partial charge in [0.25, 0.3) is 5.91 Å². The molecule has 1 aromatic heterocycles. The Morgan fingerprint density at radius 3 is 2.72 bits per heavy atom. The average molecular weight is 402 g/mol. The van der Waals surface area contributed by atoms with Crippen molar-refractivity contribution in [2.45, 2.75) is 32.4 Å². The van der Waals surface area contributed by atoms with Crippen LogP contribution in [-0.2, 0) is 0 Å². The number of pyridine rings is 1. The van der Waals surface area contributed by atoms with Gasteiger partial charge < -0.3 is 4.90 Å². The molecule has 1 amide bonds. The molecular weight excluding hydrogens is 378 g/mol. The highest BCUT2D eigenvalue weighted by Crippen LogP contribution is 2.27. The first-order valence-electron chi connectivity index (χ1n) is 8.81. The number of amides is 1. The van der Waals surface area contributed by atoms with Crippen molar-refractivity contribution in [3.8, 4) is 0 Å². The molecule has 0 saturated carbocycles. The Morgan fingerprint density at radius 1 is 1.32 bits per heavy atom. The number of halogens is 1. The van der Waals surface area contributed by atoms with Crippen molar-refractivity contribution in [2.75, 3.05) is 19.6 Å². The largest absolute Gasteiger partial charge is 0.333 e. The lowest BCUT2D eigenvalue weighted by molar-refractivity contribution is 0.0683. The van der Waals surface area contributed by atoms with Crippen LogP contribution in [0.15, 0.2) is 53.1 Å². The number of benzene rings is 1. The summed E-state index contributed by atoms with van der Waals surface area (Å²) >= 11 is 3.37. The lowest BCUT2D eigenvalue weighted by Gasteiger charge is -2.29. The van der Waals surface area contributed by atoms with Crippen LogP contribution in [0.5, 0.6) is 0 Å². The van der Waals surface area contributed by atoms with Gasteiger partial charge in [0, 0.05) is 42.4 Å². The first-order chi connectivity index (χ1) is 12.1. The second-order valence-corrected chi connectivity index (χ2v) is 7.39. The maximum Gasteiger partial charge on any atom is 0.272 e. The van der Waals surface area contributed by atoms with Crippen LogP contribution in [0, 0.1) is 0 Å². The van der Waals surface area contributed by atoms with E-state index >= 15 is 0 Å². The minimum atomic E-state index is 0.0224. The molecule has 2 heterocycles. The van der Waals surface area contributed by atoms with Gasteiger partial charge in [0.2, 0.25) is 0 Å². The Morgan fingerprint density at radius 2 is 2.08 bits per heavy atom. The molecule has 1 saturated heterocycles. The van der Waals surface area contributed by atoms with Gasteiger partial charge >= 0.3 is 0 Å². The van der Waals surface area contributed by atoms with E-state index in [0.29, 0.717) is 18.3 Å². The predicted molar refractivity (Wildman–Crippen MR) is 103 cm³/mol. The molecule has 0 radical (unpaired) electrons. The SMILES string of the molecule is CCN(C(=O)c1ccc(Br)cn1)C1CCN(C(C)c2ccccc2)C1. The van der Waals surface area contributed by atoms with Gasteiger partial charge in [-0.05, 0) is 53.9 Å². The van der Waals surface area contributed by atoms with E-state index in [0.717, 1.165) is 24.0 Å². The van der Waals surface area contributed by atoms with Crippen molar-refractivity contribution in [3.63, 3.8) is 0 Å². The Balaban J connectivity index is 1.68. The van der Waals surface area contributed by atoms with E-state index in [2.05, 4.69) is 57.0 Å². The molecule has 0 N–H and O–H groups in total. The van der Waals surface area contributed by atoms with Gasteiger partial charge in [0.15, 0.2) is 0 Å². The number of carbonyl (C=O) groups excluding carboxylic acids is 1. The highest BCUT2D eigenvalue weighted by atomic mass is 79.9. The van der Waals surface area contributed by atoms with Crippen LogP contribution in [0.2, 0.25) is 0 Å². The van der Waals surface area contributed by atoms with Crippen LogP contribution < -0.4 is 0 Å². The predicted octanol–water partition coefficient (Wildman–Crippen LogP) is 4.14. The zero-order valence-electron chi connectivity index (χ0n) is 14.7. The van der Waals surface area contributed by atoms with Gasteiger partial charge in [-0.25, -0.2) is 4.98 Å². The molecule has 0 spiro atoms. The Labute approximate surface area is 158 Å². The van der Waals surface area contributed by atoms with E-state index in [-0.39, 0.29) is 11.9 Å². The summed E-state index contributed by atoms with van der Waals surface area (Å²) in [5.41, 5.74) is 1.84. The van der Waals surface area contributed by atoms with E-state index in [1.165, 1.54) is 5.56 Å². The normalized spacial score (nSPS) is 18.9. The third-order valence-corrected chi connectivity index (χ3v) is 5.48. The summed E-state index contributed by atoms with van der Waals surface area (Å²) in [7, 11) is 0. The van der Waals surface area contributed by atoms with Gasteiger partial charge in [0.1, 0.15) is 5.69 Å². The molecule has 1 aliphatic heterocycles. The fraction of sp³-hybridized carbons (Fsp3) is 0.400. The minimum Gasteiger partial charge on any atom is -0.333 e. The summed E-state index contributed by atoms with van der Waals surface area (Å²) in [4.78, 5) is 21.5. The van der Waals surface area contributed by atoms with Crippen molar-refractivity contribution in [3.05, 3.63) is 64.4 Å². The highest BCUT2D eigenvalue weighted by molar-refractivity contribution is 9.10. The van der Waals surface area contributed by atoms with Crippen molar-refractivity contribution >= 4 is 21.8 Å². The zero-order chi connectivity index (χ0) is 17.8. The summed E-state index contributed by atoms with van der Waals surface area (Å²) in [5.74, 6) is 0.0224. The molecule has 2 unspecified atom stereocenters. The number of nitrogens with zero attached hydrogens (tertiary/aromatic N) is 3. The number of likely N-dealkylation sites (tertiary alicyclic amines) is 1. The highest BCUT2D eigenvalue weighted by Gasteiger charge is 2.32. The molecule has 3 rings (SSSR count). The van der Waals surface area contributed by atoms with Gasteiger partial charge in [-0.15, -0.1) is 0 Å². The lowest BCUT2D eigenvalue weighted by Crippen LogP contribution is -2.42. The lowest BCUT2D eigenvalue weighted by atomic mass is 10.1. The number of hydrogen-bond acceptors (Lipinski definition) is 3. The molecule has 1 fully saturated rings. The number of aromatic nitrogens is 1. The molecule has 4 nitrogen and oxygen atoms in total. The van der Waals surface area contributed by atoms with Gasteiger partial charge in [-0.3, -0.25) is 9.69 Å². The number of likely N-dealkylation sites (N-methyl/N-ethyl adjacent to an activating group) is 1. The summed E-state index contributed by atoms with van der Waals surface area (Å²) < 4.78 is 0.885. The summed E-state index contributed by atoms with van der Waals surface area (Å²) in [6.07, 6.45) is 2.69. The monoisotopic (exact) mass is 401 g/mol. The third kappa shape index (κ3) is 4.10. The van der Waals surface area contributed by atoms with Crippen LogP contribution in [0.25, 0.3) is 0 Å². The third-order valence-electron chi connectivity index (χ3n) is 5.01. The molecule has 2 atom stereocenters. The van der Waals surface area contributed by atoms with Crippen LogP contribution >= 0.6 is 15.9 Å². The van der Waals surface area contributed by atoms with E-state index in [1.807, 2.05) is 24.0 Å². The molecule has 2 aromatic rings. The first kappa shape index (κ1) is 18.1. The van der Waals surface area contributed by atoms with Crippen LogP contribution in [0.3, 0.4) is 0 Å². The molecule has 1 aromatic carbocycles. The smallest absolute Gasteiger partial charge is 0.272 e.